The van der Waals surface area contributed by atoms with Crippen LogP contribution in [0.1, 0.15) is 18.3 Å². The van der Waals surface area contributed by atoms with Crippen molar-refractivity contribution in [2.75, 3.05) is 19.1 Å². The van der Waals surface area contributed by atoms with Gasteiger partial charge in [-0.05, 0) is 29.9 Å². The molecule has 10 heteroatoms. The fraction of sp³-hybridized carbons (Fsp3) is 0.357. The minimum Gasteiger partial charge on any atom is -0.493 e. The van der Waals surface area contributed by atoms with E-state index < -0.39 is 5.91 Å². The smallest absolute Gasteiger partial charge is 0.255 e. The molecule has 1 aromatic carbocycles. The number of hydrogen-bond donors (Lipinski definition) is 3. The summed E-state index contributed by atoms with van der Waals surface area (Å²) in [6.07, 6.45) is 0.726. The summed E-state index contributed by atoms with van der Waals surface area (Å²) in [4.78, 5) is 10.9. The Bertz CT molecular complexity index is 789. The zero-order chi connectivity index (χ0) is 17.7. The Balaban J connectivity index is 2.19. The summed E-state index contributed by atoms with van der Waals surface area (Å²) in [5.41, 5.74) is 9.08. The van der Waals surface area contributed by atoms with E-state index in [1.807, 2.05) is 6.92 Å². The molecule has 4 N–H and O–H groups in total. The van der Waals surface area contributed by atoms with Gasteiger partial charge in [0.25, 0.3) is 5.91 Å². The third kappa shape index (κ3) is 4.18. The molecule has 8 nitrogen and oxygen atoms in total. The Morgan fingerprint density at radius 1 is 1.54 bits per heavy atom. The number of benzene rings is 1. The van der Waals surface area contributed by atoms with Crippen LogP contribution in [0.5, 0.6) is 11.5 Å². The lowest BCUT2D eigenvalue weighted by Crippen LogP contribution is -2.20. The first-order chi connectivity index (χ1) is 11.5. The number of aryl methyl sites for hydroxylation is 1. The van der Waals surface area contributed by atoms with Crippen molar-refractivity contribution < 1.29 is 14.3 Å². The first-order valence-electron chi connectivity index (χ1n) is 7.14. The molecule has 2 rings (SSSR count). The molecule has 2 aromatic rings. The number of amides is 1. The van der Waals surface area contributed by atoms with Crippen molar-refractivity contribution >= 4 is 29.7 Å². The van der Waals surface area contributed by atoms with Crippen molar-refractivity contribution in [2.45, 2.75) is 19.9 Å². The highest BCUT2D eigenvalue weighted by Gasteiger charge is 2.13. The largest absolute Gasteiger partial charge is 0.493 e. The predicted octanol–water partition coefficient (Wildman–Crippen LogP) is 1.77. The van der Waals surface area contributed by atoms with Crippen LogP contribution in [-0.4, -0.2) is 34.5 Å². The predicted molar refractivity (Wildman–Crippen MR) is 92.5 cm³/mol. The van der Waals surface area contributed by atoms with E-state index in [2.05, 4.69) is 15.6 Å². The second-order valence-corrected chi connectivity index (χ2v) is 5.63. The van der Waals surface area contributed by atoms with Crippen molar-refractivity contribution in [3.63, 3.8) is 0 Å². The van der Waals surface area contributed by atoms with Crippen molar-refractivity contribution in [2.24, 2.45) is 5.73 Å². The molecule has 1 aromatic heterocycles. The number of aromatic amines is 1. The van der Waals surface area contributed by atoms with Gasteiger partial charge in [0.05, 0.1) is 18.7 Å². The van der Waals surface area contributed by atoms with E-state index in [9.17, 15) is 4.79 Å². The molecule has 24 heavy (non-hydrogen) atoms. The number of nitrogens with zero attached hydrogens (tertiary/aromatic N) is 2. The number of H-pyrrole nitrogens is 1. The van der Waals surface area contributed by atoms with Crippen LogP contribution < -0.4 is 20.6 Å². The Morgan fingerprint density at radius 3 is 2.92 bits per heavy atom. The molecule has 0 fully saturated rings. The number of carbonyl (C=O) groups is 1. The van der Waals surface area contributed by atoms with Crippen LogP contribution in [0.2, 0.25) is 5.02 Å². The molecular formula is C14H18ClN5O3S. The maximum absolute atomic E-state index is 10.9. The van der Waals surface area contributed by atoms with Crippen LogP contribution >= 0.6 is 23.8 Å². The van der Waals surface area contributed by atoms with Gasteiger partial charge in [0.1, 0.15) is 0 Å². The van der Waals surface area contributed by atoms with Crippen molar-refractivity contribution in [3.8, 4) is 11.5 Å². The summed E-state index contributed by atoms with van der Waals surface area (Å²) in [5.74, 6) is 0.878. The normalized spacial score (nSPS) is 10.5. The molecule has 0 saturated carbocycles. The second kappa shape index (κ2) is 8.02. The van der Waals surface area contributed by atoms with Gasteiger partial charge < -0.3 is 20.6 Å². The molecule has 1 amide bonds. The minimum absolute atomic E-state index is 0.274. The third-order valence-corrected chi connectivity index (χ3v) is 3.70. The average molecular weight is 372 g/mol. The van der Waals surface area contributed by atoms with Crippen molar-refractivity contribution in [1.29, 1.82) is 0 Å². The molecule has 0 spiro atoms. The maximum Gasteiger partial charge on any atom is 0.255 e. The van der Waals surface area contributed by atoms with E-state index >= 15 is 0 Å². The Kier molecular flexibility index (Phi) is 6.04. The van der Waals surface area contributed by atoms with Crippen LogP contribution in [0.3, 0.4) is 0 Å². The van der Waals surface area contributed by atoms with E-state index in [4.69, 9.17) is 39.0 Å². The number of primary amides is 1. The molecular weight excluding hydrogens is 354 g/mol. The summed E-state index contributed by atoms with van der Waals surface area (Å²) in [7, 11) is 1.49. The van der Waals surface area contributed by atoms with Crippen LogP contribution in [0.25, 0.3) is 0 Å². The molecule has 0 radical (unpaired) electrons. The van der Waals surface area contributed by atoms with Crippen LogP contribution in [0.15, 0.2) is 12.1 Å². The Labute approximate surface area is 148 Å². The second-order valence-electron chi connectivity index (χ2n) is 4.83. The maximum atomic E-state index is 10.9. The monoisotopic (exact) mass is 371 g/mol. The van der Waals surface area contributed by atoms with Crippen molar-refractivity contribution in [3.05, 3.63) is 33.3 Å². The number of nitrogens with two attached hydrogens (primary N) is 1. The summed E-state index contributed by atoms with van der Waals surface area (Å²) >= 11 is 11.4. The lowest BCUT2D eigenvalue weighted by molar-refractivity contribution is -0.119. The zero-order valence-electron chi connectivity index (χ0n) is 13.3. The summed E-state index contributed by atoms with van der Waals surface area (Å²) < 4.78 is 12.7. The fourth-order valence-corrected chi connectivity index (χ4v) is 2.56. The minimum atomic E-state index is -0.597. The number of ether oxygens (including phenoxy) is 2. The van der Waals surface area contributed by atoms with Crippen LogP contribution in [0, 0.1) is 4.77 Å². The summed E-state index contributed by atoms with van der Waals surface area (Å²) in [5, 5.41) is 7.17. The van der Waals surface area contributed by atoms with Gasteiger partial charge in [0.2, 0.25) is 4.77 Å². The van der Waals surface area contributed by atoms with Crippen LogP contribution in [0.4, 0.5) is 0 Å². The summed E-state index contributed by atoms with van der Waals surface area (Å²) in [6, 6.07) is 3.47. The summed E-state index contributed by atoms with van der Waals surface area (Å²) in [6.45, 7) is 2.14. The molecule has 130 valence electrons. The number of carbonyl (C=O) groups excluding carboxylic acids is 1. The van der Waals surface area contributed by atoms with Gasteiger partial charge in [0.15, 0.2) is 23.9 Å². The topological polar surface area (TPSA) is 107 Å². The standard InChI is InChI=1S/C14H18ClN5O3S/c1-3-12-18-19-14(24)20(12)17-6-8-4-9(15)13(10(5-8)22-2)23-7-11(16)21/h4-5,17H,3,6-7H2,1-2H3,(H2,16,21)(H,19,24). The first-order valence-corrected chi connectivity index (χ1v) is 7.92. The third-order valence-electron chi connectivity index (χ3n) is 3.15. The highest BCUT2D eigenvalue weighted by Crippen LogP contribution is 2.36. The number of rotatable bonds is 8. The molecule has 0 aliphatic rings. The number of hydrogen-bond acceptors (Lipinski definition) is 6. The van der Waals surface area contributed by atoms with Gasteiger partial charge in [0, 0.05) is 6.42 Å². The molecule has 0 saturated heterocycles. The highest BCUT2D eigenvalue weighted by atomic mass is 35.5. The Hall–Kier alpha value is -2.26. The SMILES string of the molecule is CCc1n[nH]c(=S)n1NCc1cc(Cl)c(OCC(N)=O)c(OC)c1. The van der Waals surface area contributed by atoms with Gasteiger partial charge in [-0.15, -0.1) is 0 Å². The lowest BCUT2D eigenvalue weighted by Gasteiger charge is -2.14. The number of halogens is 1. The highest BCUT2D eigenvalue weighted by molar-refractivity contribution is 7.71. The molecule has 0 aliphatic heterocycles. The molecule has 0 atom stereocenters. The van der Waals surface area contributed by atoms with Gasteiger partial charge in [-0.2, -0.15) is 5.10 Å². The number of methoxy groups -OCH3 is 1. The zero-order valence-corrected chi connectivity index (χ0v) is 14.8. The van der Waals surface area contributed by atoms with Gasteiger partial charge in [-0.25, -0.2) is 4.68 Å². The van der Waals surface area contributed by atoms with Gasteiger partial charge in [-0.3, -0.25) is 9.89 Å². The molecule has 0 unspecified atom stereocenters. The van der Waals surface area contributed by atoms with Crippen LogP contribution in [-0.2, 0) is 17.8 Å². The molecule has 0 aliphatic carbocycles. The quantitative estimate of drug-likeness (QED) is 0.610. The Morgan fingerprint density at radius 2 is 2.29 bits per heavy atom. The van der Waals surface area contributed by atoms with E-state index in [1.165, 1.54) is 7.11 Å². The van der Waals surface area contributed by atoms with Crippen molar-refractivity contribution in [1.82, 2.24) is 14.9 Å². The van der Waals surface area contributed by atoms with E-state index in [0.29, 0.717) is 22.1 Å². The molecule has 1 heterocycles. The van der Waals surface area contributed by atoms with E-state index in [-0.39, 0.29) is 12.4 Å². The lowest BCUT2D eigenvalue weighted by atomic mass is 10.2. The number of aromatic nitrogens is 3. The van der Waals surface area contributed by atoms with Gasteiger partial charge >= 0.3 is 0 Å². The fourth-order valence-electron chi connectivity index (χ4n) is 2.06. The number of nitrogens with one attached hydrogen (secondary N) is 2. The van der Waals surface area contributed by atoms with E-state index in [0.717, 1.165) is 17.8 Å². The molecule has 0 bridgehead atoms. The first kappa shape index (κ1) is 18.1. The van der Waals surface area contributed by atoms with E-state index in [1.54, 1.807) is 16.8 Å². The van der Waals surface area contributed by atoms with Gasteiger partial charge in [-0.1, -0.05) is 18.5 Å². The average Bonchev–Trinajstić information content (AvgIpc) is 2.91.